The number of carbonyl (C=O) groups is 3. The number of hydrogen-bond acceptors (Lipinski definition) is 6. The van der Waals surface area contributed by atoms with Gasteiger partial charge in [0, 0.05) is 17.9 Å². The highest BCUT2D eigenvalue weighted by Crippen LogP contribution is 2.24. The maximum atomic E-state index is 13.6. The number of thioether (sulfide) groups is 1. The van der Waals surface area contributed by atoms with Gasteiger partial charge < -0.3 is 14.4 Å². The fraction of sp³-hybridized carbons (Fsp3) is 0.286. The topological polar surface area (TPSA) is 72.9 Å². The molecular formula is C21H20FNO5S. The summed E-state index contributed by atoms with van der Waals surface area (Å²) in [4.78, 5) is 38.5. The average Bonchev–Trinajstić information content (AvgIpc) is 2.75. The lowest BCUT2D eigenvalue weighted by atomic mass is 9.94. The number of amides is 1. The number of halogens is 1. The third-order valence-corrected chi connectivity index (χ3v) is 5.60. The van der Waals surface area contributed by atoms with Crippen LogP contribution in [0.4, 0.5) is 4.39 Å². The van der Waals surface area contributed by atoms with Crippen molar-refractivity contribution < 1.29 is 28.2 Å². The van der Waals surface area contributed by atoms with E-state index in [9.17, 15) is 18.8 Å². The van der Waals surface area contributed by atoms with E-state index in [1.807, 2.05) is 24.3 Å². The van der Waals surface area contributed by atoms with Crippen LogP contribution in [0.3, 0.4) is 0 Å². The van der Waals surface area contributed by atoms with Gasteiger partial charge in [-0.15, -0.1) is 11.8 Å². The molecule has 1 aliphatic rings. The number of ether oxygens (including phenoxy) is 2. The van der Waals surface area contributed by atoms with Crippen LogP contribution in [0.5, 0.6) is 0 Å². The predicted octanol–water partition coefficient (Wildman–Crippen LogP) is 2.59. The van der Waals surface area contributed by atoms with E-state index in [4.69, 9.17) is 9.47 Å². The van der Waals surface area contributed by atoms with Crippen molar-refractivity contribution in [3.8, 4) is 0 Å². The van der Waals surface area contributed by atoms with Crippen LogP contribution in [0, 0.1) is 5.82 Å². The molecule has 0 N–H and O–H groups in total. The molecule has 2 aromatic carbocycles. The largest absolute Gasteiger partial charge is 0.467 e. The predicted molar refractivity (Wildman–Crippen MR) is 105 cm³/mol. The fourth-order valence-electron chi connectivity index (χ4n) is 3.10. The first-order chi connectivity index (χ1) is 14.0. The zero-order valence-corrected chi connectivity index (χ0v) is 16.6. The van der Waals surface area contributed by atoms with Crippen molar-refractivity contribution in [1.82, 2.24) is 4.90 Å². The zero-order chi connectivity index (χ0) is 20.8. The first-order valence-electron chi connectivity index (χ1n) is 8.96. The molecule has 0 fully saturated rings. The summed E-state index contributed by atoms with van der Waals surface area (Å²) in [5, 5.41) is 0. The summed E-state index contributed by atoms with van der Waals surface area (Å²) in [5.74, 6) is -2.20. The van der Waals surface area contributed by atoms with Crippen molar-refractivity contribution in [2.45, 2.75) is 23.9 Å². The van der Waals surface area contributed by atoms with E-state index in [0.717, 1.165) is 22.9 Å². The monoisotopic (exact) mass is 417 g/mol. The SMILES string of the molecule is COC(=O)[C@@H]1Cc2ccccc2CN1C(=O)COC(=O)CSc1ccccc1F. The number of benzene rings is 2. The van der Waals surface area contributed by atoms with Crippen molar-refractivity contribution in [3.05, 3.63) is 65.5 Å². The van der Waals surface area contributed by atoms with Crippen LogP contribution in [0.15, 0.2) is 53.4 Å². The molecule has 0 aliphatic carbocycles. The highest BCUT2D eigenvalue weighted by molar-refractivity contribution is 8.00. The molecule has 0 bridgehead atoms. The van der Waals surface area contributed by atoms with Gasteiger partial charge in [-0.1, -0.05) is 36.4 Å². The van der Waals surface area contributed by atoms with E-state index >= 15 is 0 Å². The van der Waals surface area contributed by atoms with E-state index in [-0.39, 0.29) is 12.3 Å². The number of methoxy groups -OCH3 is 1. The quantitative estimate of drug-likeness (QED) is 0.531. The Balaban J connectivity index is 1.59. The summed E-state index contributed by atoms with van der Waals surface area (Å²) in [7, 11) is 1.27. The molecule has 0 saturated carbocycles. The fourth-order valence-corrected chi connectivity index (χ4v) is 3.83. The molecule has 1 heterocycles. The normalized spacial score (nSPS) is 15.4. The van der Waals surface area contributed by atoms with Gasteiger partial charge in [-0.05, 0) is 23.3 Å². The van der Waals surface area contributed by atoms with Crippen LogP contribution in [-0.4, -0.2) is 48.3 Å². The van der Waals surface area contributed by atoms with Gasteiger partial charge in [0.1, 0.15) is 11.9 Å². The number of fused-ring (bicyclic) bond motifs is 1. The first-order valence-corrected chi connectivity index (χ1v) is 9.95. The molecule has 2 aromatic rings. The molecule has 1 aliphatic heterocycles. The summed E-state index contributed by atoms with van der Waals surface area (Å²) in [6.07, 6.45) is 0.339. The van der Waals surface area contributed by atoms with Gasteiger partial charge in [-0.3, -0.25) is 9.59 Å². The number of rotatable bonds is 6. The van der Waals surface area contributed by atoms with Crippen LogP contribution in [0.25, 0.3) is 0 Å². The van der Waals surface area contributed by atoms with E-state index in [1.54, 1.807) is 18.2 Å². The summed E-state index contributed by atoms with van der Waals surface area (Å²) in [6.45, 7) is -0.261. The Kier molecular flexibility index (Phi) is 6.87. The van der Waals surface area contributed by atoms with Crippen molar-refractivity contribution in [2.75, 3.05) is 19.5 Å². The minimum Gasteiger partial charge on any atom is -0.467 e. The van der Waals surface area contributed by atoms with Gasteiger partial charge in [-0.25, -0.2) is 9.18 Å². The highest BCUT2D eigenvalue weighted by Gasteiger charge is 2.35. The van der Waals surface area contributed by atoms with Gasteiger partial charge in [0.05, 0.1) is 12.9 Å². The Morgan fingerprint density at radius 2 is 1.79 bits per heavy atom. The highest BCUT2D eigenvalue weighted by atomic mass is 32.2. The van der Waals surface area contributed by atoms with Gasteiger partial charge in [-0.2, -0.15) is 0 Å². The molecule has 1 amide bonds. The molecule has 6 nitrogen and oxygen atoms in total. The number of carbonyl (C=O) groups excluding carboxylic acids is 3. The zero-order valence-electron chi connectivity index (χ0n) is 15.8. The minimum atomic E-state index is -0.770. The van der Waals surface area contributed by atoms with Crippen LogP contribution < -0.4 is 0 Å². The van der Waals surface area contributed by atoms with Crippen molar-refractivity contribution in [1.29, 1.82) is 0 Å². The summed E-state index contributed by atoms with van der Waals surface area (Å²) < 4.78 is 23.5. The molecule has 0 aromatic heterocycles. The lowest BCUT2D eigenvalue weighted by Crippen LogP contribution is -2.50. The summed E-state index contributed by atoms with van der Waals surface area (Å²) >= 11 is 0.994. The smallest absolute Gasteiger partial charge is 0.328 e. The minimum absolute atomic E-state index is 0.128. The molecule has 152 valence electrons. The van der Waals surface area contributed by atoms with Crippen LogP contribution in [0.1, 0.15) is 11.1 Å². The summed E-state index contributed by atoms with van der Waals surface area (Å²) in [5.41, 5.74) is 1.91. The first kappa shape index (κ1) is 20.9. The van der Waals surface area contributed by atoms with Crippen molar-refractivity contribution >= 4 is 29.6 Å². The third-order valence-electron chi connectivity index (χ3n) is 4.58. The number of nitrogens with zero attached hydrogens (tertiary/aromatic N) is 1. The molecule has 0 saturated heterocycles. The number of esters is 2. The maximum absolute atomic E-state index is 13.6. The molecule has 1 atom stereocenters. The third kappa shape index (κ3) is 5.14. The standard InChI is InChI=1S/C21H20FNO5S/c1-27-21(26)17-10-14-6-2-3-7-15(14)11-23(17)19(24)12-28-20(25)13-29-18-9-5-4-8-16(18)22/h2-9,17H,10-13H2,1H3/t17-/m0/s1. The Bertz CT molecular complexity index is 919. The van der Waals surface area contributed by atoms with E-state index in [1.165, 1.54) is 18.1 Å². The summed E-state index contributed by atoms with van der Waals surface area (Å²) in [6, 6.07) is 12.9. The van der Waals surface area contributed by atoms with Crippen molar-refractivity contribution in [3.63, 3.8) is 0 Å². The average molecular weight is 417 g/mol. The van der Waals surface area contributed by atoms with Crippen LogP contribution >= 0.6 is 11.8 Å². The Hall–Kier alpha value is -2.87. The maximum Gasteiger partial charge on any atom is 0.328 e. The van der Waals surface area contributed by atoms with Gasteiger partial charge in [0.15, 0.2) is 6.61 Å². The molecule has 0 radical (unpaired) electrons. The van der Waals surface area contributed by atoms with Crippen LogP contribution in [0.2, 0.25) is 0 Å². The van der Waals surface area contributed by atoms with Crippen LogP contribution in [-0.2, 0) is 36.8 Å². The lowest BCUT2D eigenvalue weighted by Gasteiger charge is -2.35. The Morgan fingerprint density at radius 1 is 1.10 bits per heavy atom. The van der Waals surface area contributed by atoms with E-state index in [0.29, 0.717) is 11.3 Å². The molecular weight excluding hydrogens is 397 g/mol. The van der Waals surface area contributed by atoms with Gasteiger partial charge in [0.25, 0.3) is 5.91 Å². The molecule has 3 rings (SSSR count). The molecule has 8 heteroatoms. The second kappa shape index (κ2) is 9.56. The van der Waals surface area contributed by atoms with Gasteiger partial charge >= 0.3 is 11.9 Å². The second-order valence-electron chi connectivity index (χ2n) is 6.41. The van der Waals surface area contributed by atoms with Gasteiger partial charge in [0.2, 0.25) is 0 Å². The van der Waals surface area contributed by atoms with E-state index < -0.39 is 36.3 Å². The second-order valence-corrected chi connectivity index (χ2v) is 7.43. The van der Waals surface area contributed by atoms with Crippen molar-refractivity contribution in [2.24, 2.45) is 0 Å². The number of hydrogen-bond donors (Lipinski definition) is 0. The molecule has 29 heavy (non-hydrogen) atoms. The lowest BCUT2D eigenvalue weighted by molar-refractivity contribution is -0.158. The molecule has 0 spiro atoms. The Labute approximate surface area is 172 Å². The van der Waals surface area contributed by atoms with E-state index in [2.05, 4.69) is 0 Å². The Morgan fingerprint density at radius 3 is 2.52 bits per heavy atom. The molecule has 0 unspecified atom stereocenters.